The number of aliphatic hydroxyl groups is 1. The molecule has 132 valence electrons. The molecule has 1 N–H and O–H groups in total. The number of aromatic nitrogens is 4. The van der Waals surface area contributed by atoms with Crippen LogP contribution in [0.3, 0.4) is 0 Å². The fraction of sp³-hybridized carbons (Fsp3) is 0.263. The summed E-state index contributed by atoms with van der Waals surface area (Å²) in [5.41, 5.74) is 2.88. The quantitative estimate of drug-likeness (QED) is 0.699. The van der Waals surface area contributed by atoms with Crippen LogP contribution in [0.4, 0.5) is 0 Å². The monoisotopic (exact) mass is 349 g/mol. The predicted octanol–water partition coefficient (Wildman–Crippen LogP) is 1.88. The molecule has 0 spiro atoms. The number of hydrogen-bond acceptors (Lipinski definition) is 6. The van der Waals surface area contributed by atoms with Crippen LogP contribution < -0.4 is 4.74 Å². The Morgan fingerprint density at radius 2 is 1.88 bits per heavy atom. The predicted molar refractivity (Wildman–Crippen MR) is 94.5 cm³/mol. The summed E-state index contributed by atoms with van der Waals surface area (Å²) >= 11 is 0. The van der Waals surface area contributed by atoms with Gasteiger partial charge in [0.2, 0.25) is 0 Å². The first kappa shape index (κ1) is 17.6. The van der Waals surface area contributed by atoms with Gasteiger partial charge in [0, 0.05) is 6.42 Å². The summed E-state index contributed by atoms with van der Waals surface area (Å²) in [5.74, 6) is 1.20. The van der Waals surface area contributed by atoms with Gasteiger partial charge in [-0.1, -0.05) is 29.8 Å². The van der Waals surface area contributed by atoms with Crippen molar-refractivity contribution in [2.24, 2.45) is 0 Å². The molecule has 0 aliphatic carbocycles. The Kier molecular flexibility index (Phi) is 5.56. The zero-order valence-corrected chi connectivity index (χ0v) is 14.4. The van der Waals surface area contributed by atoms with Crippen molar-refractivity contribution in [1.82, 2.24) is 20.2 Å². The molecule has 0 unspecified atom stereocenters. The van der Waals surface area contributed by atoms with E-state index in [-0.39, 0.29) is 13.2 Å². The highest BCUT2D eigenvalue weighted by Gasteiger charge is 2.10. The van der Waals surface area contributed by atoms with Crippen molar-refractivity contribution in [1.29, 1.82) is 5.26 Å². The van der Waals surface area contributed by atoms with Crippen LogP contribution in [0.5, 0.6) is 5.75 Å². The van der Waals surface area contributed by atoms with Gasteiger partial charge in [-0.25, -0.2) is 0 Å². The Morgan fingerprint density at radius 1 is 1.15 bits per heavy atom. The van der Waals surface area contributed by atoms with Gasteiger partial charge in [-0.3, -0.25) is 0 Å². The number of aliphatic hydroxyl groups excluding tert-OH is 1. The van der Waals surface area contributed by atoms with Gasteiger partial charge in [-0.15, -0.1) is 10.2 Å². The first-order valence-corrected chi connectivity index (χ1v) is 8.25. The molecule has 1 heterocycles. The molecule has 0 saturated heterocycles. The van der Waals surface area contributed by atoms with Crippen molar-refractivity contribution in [2.45, 2.75) is 26.0 Å². The zero-order chi connectivity index (χ0) is 18.4. The molecule has 1 atom stereocenters. The summed E-state index contributed by atoms with van der Waals surface area (Å²) in [7, 11) is 0. The van der Waals surface area contributed by atoms with Gasteiger partial charge in [0.05, 0.1) is 18.2 Å². The summed E-state index contributed by atoms with van der Waals surface area (Å²) in [6.07, 6.45) is -0.176. The van der Waals surface area contributed by atoms with E-state index in [0.717, 1.165) is 5.56 Å². The molecule has 3 aromatic rings. The maximum absolute atomic E-state index is 10.1. The van der Waals surface area contributed by atoms with E-state index >= 15 is 0 Å². The normalized spacial score (nSPS) is 11.7. The molecular formula is C19H19N5O2. The molecule has 7 heteroatoms. The summed E-state index contributed by atoms with van der Waals surface area (Å²) in [6.45, 7) is 2.33. The van der Waals surface area contributed by atoms with Crippen molar-refractivity contribution in [3.8, 4) is 11.8 Å². The zero-order valence-electron chi connectivity index (χ0n) is 14.4. The Morgan fingerprint density at radius 3 is 2.58 bits per heavy atom. The molecule has 0 fully saturated rings. The molecule has 0 amide bonds. The van der Waals surface area contributed by atoms with Crippen molar-refractivity contribution >= 4 is 0 Å². The van der Waals surface area contributed by atoms with Gasteiger partial charge in [0.1, 0.15) is 18.5 Å². The number of tetrazole rings is 1. The van der Waals surface area contributed by atoms with E-state index in [0.29, 0.717) is 23.6 Å². The van der Waals surface area contributed by atoms with E-state index < -0.39 is 6.10 Å². The van der Waals surface area contributed by atoms with Crippen LogP contribution in [0.1, 0.15) is 22.5 Å². The fourth-order valence-electron chi connectivity index (χ4n) is 2.37. The third-order valence-corrected chi connectivity index (χ3v) is 3.78. The topological polar surface area (TPSA) is 96.9 Å². The second-order valence-electron chi connectivity index (χ2n) is 6.02. The van der Waals surface area contributed by atoms with Gasteiger partial charge in [-0.2, -0.15) is 10.1 Å². The van der Waals surface area contributed by atoms with Gasteiger partial charge < -0.3 is 9.84 Å². The Hall–Kier alpha value is -3.24. The van der Waals surface area contributed by atoms with Crippen molar-refractivity contribution in [3.05, 3.63) is 71.0 Å². The average Bonchev–Trinajstić information content (AvgIpc) is 3.09. The van der Waals surface area contributed by atoms with Crippen molar-refractivity contribution < 1.29 is 9.84 Å². The van der Waals surface area contributed by atoms with Gasteiger partial charge in [-0.05, 0) is 42.0 Å². The van der Waals surface area contributed by atoms with E-state index in [4.69, 9.17) is 10.00 Å². The molecule has 0 aliphatic rings. The number of nitriles is 1. The lowest BCUT2D eigenvalue weighted by Crippen LogP contribution is -2.25. The van der Waals surface area contributed by atoms with Crippen LogP contribution in [0.25, 0.3) is 0 Å². The summed E-state index contributed by atoms with van der Waals surface area (Å²) in [4.78, 5) is 1.37. The maximum atomic E-state index is 10.1. The molecule has 0 saturated carbocycles. The summed E-state index contributed by atoms with van der Waals surface area (Å²) < 4.78 is 5.50. The number of ether oxygens (including phenoxy) is 1. The number of hydrogen-bond donors (Lipinski definition) is 1. The third-order valence-electron chi connectivity index (χ3n) is 3.78. The minimum absolute atomic E-state index is 0.0980. The first-order chi connectivity index (χ1) is 12.6. The molecule has 3 rings (SSSR count). The smallest absolute Gasteiger partial charge is 0.179 e. The van der Waals surface area contributed by atoms with Crippen molar-refractivity contribution in [3.63, 3.8) is 0 Å². The highest BCUT2D eigenvalue weighted by Crippen LogP contribution is 2.12. The number of benzene rings is 2. The second kappa shape index (κ2) is 8.23. The maximum Gasteiger partial charge on any atom is 0.179 e. The first-order valence-electron chi connectivity index (χ1n) is 8.25. The average molecular weight is 349 g/mol. The molecule has 0 radical (unpaired) electrons. The van der Waals surface area contributed by atoms with E-state index in [9.17, 15) is 5.11 Å². The summed E-state index contributed by atoms with van der Waals surface area (Å²) in [5, 5.41) is 31.1. The molecule has 26 heavy (non-hydrogen) atoms. The van der Waals surface area contributed by atoms with E-state index in [1.165, 1.54) is 10.4 Å². The number of nitrogens with zero attached hydrogens (tertiary/aromatic N) is 5. The summed E-state index contributed by atoms with van der Waals surface area (Å²) in [6, 6.07) is 16.9. The molecule has 2 aromatic carbocycles. The van der Waals surface area contributed by atoms with E-state index in [2.05, 4.69) is 15.4 Å². The molecular weight excluding hydrogens is 330 g/mol. The largest absolute Gasteiger partial charge is 0.491 e. The van der Waals surface area contributed by atoms with Crippen LogP contribution in [0.15, 0.2) is 48.5 Å². The van der Waals surface area contributed by atoms with Gasteiger partial charge in [0.25, 0.3) is 0 Å². The lowest BCUT2D eigenvalue weighted by atomic mass is 10.1. The lowest BCUT2D eigenvalue weighted by Gasteiger charge is -2.11. The highest BCUT2D eigenvalue weighted by atomic mass is 16.5. The highest BCUT2D eigenvalue weighted by molar-refractivity contribution is 5.34. The Labute approximate surface area is 151 Å². The number of rotatable bonds is 7. The molecule has 7 nitrogen and oxygen atoms in total. The SMILES string of the molecule is Cc1ccc(Cc2nnn(C[C@@H](O)COc3ccc(C#N)cc3)n2)cc1. The van der Waals surface area contributed by atoms with Crippen molar-refractivity contribution in [2.75, 3.05) is 6.61 Å². The second-order valence-corrected chi connectivity index (χ2v) is 6.02. The lowest BCUT2D eigenvalue weighted by molar-refractivity contribution is 0.0849. The number of aryl methyl sites for hydroxylation is 1. The van der Waals surface area contributed by atoms with Gasteiger partial charge in [0.15, 0.2) is 5.82 Å². The third kappa shape index (κ3) is 4.88. The van der Waals surface area contributed by atoms with Crippen LogP contribution in [0, 0.1) is 18.3 Å². The minimum atomic E-state index is -0.771. The molecule has 1 aromatic heterocycles. The fourth-order valence-corrected chi connectivity index (χ4v) is 2.37. The molecule has 0 bridgehead atoms. The van der Waals surface area contributed by atoms with Gasteiger partial charge >= 0.3 is 0 Å². The minimum Gasteiger partial charge on any atom is -0.491 e. The standard InChI is InChI=1S/C19H19N5O2/c1-14-2-4-15(5-3-14)10-19-21-23-24(22-19)12-17(25)13-26-18-8-6-16(11-20)7-9-18/h2-9,17,25H,10,12-13H2,1H3/t17-/m1/s1. The Balaban J connectivity index is 1.49. The van der Waals surface area contributed by atoms with Crippen LogP contribution in [0.2, 0.25) is 0 Å². The van der Waals surface area contributed by atoms with Crippen LogP contribution in [-0.4, -0.2) is 38.0 Å². The molecule has 0 aliphatic heterocycles. The van der Waals surface area contributed by atoms with Crippen LogP contribution in [-0.2, 0) is 13.0 Å². The Bertz CT molecular complexity index is 882. The van der Waals surface area contributed by atoms with E-state index in [1.54, 1.807) is 24.3 Å². The van der Waals surface area contributed by atoms with E-state index in [1.807, 2.05) is 37.3 Å². The van der Waals surface area contributed by atoms with Crippen LogP contribution >= 0.6 is 0 Å².